The van der Waals surface area contributed by atoms with E-state index in [1.807, 2.05) is 13.0 Å². The highest BCUT2D eigenvalue weighted by atomic mass is 79.9. The van der Waals surface area contributed by atoms with Crippen molar-refractivity contribution in [3.8, 4) is 5.75 Å². The van der Waals surface area contributed by atoms with Gasteiger partial charge in [-0.3, -0.25) is 19.8 Å². The third-order valence-corrected chi connectivity index (χ3v) is 5.06. The summed E-state index contributed by atoms with van der Waals surface area (Å²) in [4.78, 5) is 26.7. The van der Waals surface area contributed by atoms with Crippen LogP contribution in [0.3, 0.4) is 0 Å². The van der Waals surface area contributed by atoms with Crippen molar-refractivity contribution in [1.82, 2.24) is 5.32 Å². The largest absolute Gasteiger partial charge is 0.495 e. The average molecular weight is 466 g/mol. The summed E-state index contributed by atoms with van der Waals surface area (Å²) in [5.41, 5.74) is 2.00. The van der Waals surface area contributed by atoms with Gasteiger partial charge in [-0.05, 0) is 66.7 Å². The minimum atomic E-state index is -0.553. The summed E-state index contributed by atoms with van der Waals surface area (Å²) in [6.07, 6.45) is 1.48. The summed E-state index contributed by atoms with van der Waals surface area (Å²) in [5.74, 6) is -0.546. The summed E-state index contributed by atoms with van der Waals surface area (Å²) in [6, 6.07) is 10.4. The highest BCUT2D eigenvalue weighted by molar-refractivity contribution is 9.10. The van der Waals surface area contributed by atoms with Gasteiger partial charge in [-0.1, -0.05) is 33.6 Å². The molecule has 1 heterocycles. The minimum absolute atomic E-state index is 0.0350. The number of nitrogens with one attached hydrogen (secondary N) is 1. The van der Waals surface area contributed by atoms with E-state index in [0.717, 1.165) is 10.0 Å². The number of nitrogens with zero attached hydrogens (tertiary/aromatic N) is 1. The van der Waals surface area contributed by atoms with E-state index in [9.17, 15) is 9.59 Å². The Morgan fingerprint density at radius 2 is 1.96 bits per heavy atom. The van der Waals surface area contributed by atoms with Crippen molar-refractivity contribution in [1.29, 1.82) is 0 Å². The summed E-state index contributed by atoms with van der Waals surface area (Å²) in [7, 11) is 1.51. The van der Waals surface area contributed by atoms with Crippen LogP contribution >= 0.6 is 39.7 Å². The first kappa shape index (κ1) is 19.5. The van der Waals surface area contributed by atoms with Gasteiger partial charge in [0, 0.05) is 4.47 Å². The molecule has 2 aromatic rings. The van der Waals surface area contributed by atoms with Crippen LogP contribution in [0.2, 0.25) is 5.02 Å². The lowest BCUT2D eigenvalue weighted by molar-refractivity contribution is -0.122. The van der Waals surface area contributed by atoms with Crippen LogP contribution < -0.4 is 15.0 Å². The molecule has 5 nitrogen and oxygen atoms in total. The van der Waals surface area contributed by atoms with Crippen molar-refractivity contribution >= 4 is 68.4 Å². The number of anilines is 1. The first-order valence-electron chi connectivity index (χ1n) is 7.83. The molecule has 1 aliphatic rings. The molecule has 27 heavy (non-hydrogen) atoms. The maximum absolute atomic E-state index is 13.0. The lowest BCUT2D eigenvalue weighted by Crippen LogP contribution is -2.54. The zero-order valence-electron chi connectivity index (χ0n) is 14.4. The molecular formula is C19H14BrClN2O3S. The molecular weight excluding hydrogens is 452 g/mol. The fourth-order valence-electron chi connectivity index (χ4n) is 2.69. The van der Waals surface area contributed by atoms with Crippen molar-refractivity contribution in [3.63, 3.8) is 0 Å². The van der Waals surface area contributed by atoms with E-state index >= 15 is 0 Å². The molecule has 0 saturated carbocycles. The normalized spacial score (nSPS) is 15.9. The summed E-state index contributed by atoms with van der Waals surface area (Å²) in [5, 5.41) is 2.99. The maximum Gasteiger partial charge on any atom is 0.270 e. The van der Waals surface area contributed by atoms with E-state index in [4.69, 9.17) is 28.6 Å². The maximum atomic E-state index is 13.0. The molecule has 0 bridgehead atoms. The van der Waals surface area contributed by atoms with Gasteiger partial charge in [0.1, 0.15) is 11.3 Å². The Morgan fingerprint density at radius 1 is 1.22 bits per heavy atom. The molecule has 1 saturated heterocycles. The van der Waals surface area contributed by atoms with Crippen molar-refractivity contribution in [3.05, 3.63) is 62.6 Å². The van der Waals surface area contributed by atoms with E-state index in [1.165, 1.54) is 18.1 Å². The van der Waals surface area contributed by atoms with Crippen LogP contribution in [0.5, 0.6) is 5.75 Å². The van der Waals surface area contributed by atoms with Crippen LogP contribution in [0.15, 0.2) is 46.4 Å². The lowest BCUT2D eigenvalue weighted by atomic mass is 10.1. The van der Waals surface area contributed by atoms with Gasteiger partial charge in [0.15, 0.2) is 5.11 Å². The van der Waals surface area contributed by atoms with Crippen LogP contribution in [0, 0.1) is 6.92 Å². The molecule has 138 valence electrons. The number of hydrogen-bond donors (Lipinski definition) is 1. The Hall–Kier alpha value is -2.22. The fraction of sp³-hybridized carbons (Fsp3) is 0.105. The van der Waals surface area contributed by atoms with Gasteiger partial charge >= 0.3 is 0 Å². The quantitative estimate of drug-likeness (QED) is 0.418. The van der Waals surface area contributed by atoms with Gasteiger partial charge in [-0.15, -0.1) is 0 Å². The molecule has 8 heteroatoms. The second-order valence-corrected chi connectivity index (χ2v) is 7.49. The number of methoxy groups -OCH3 is 1. The Bertz CT molecular complexity index is 1010. The standard InChI is InChI=1S/C19H14BrClN2O3S/c1-10-7-12(20)4-5-15(10)23-18(25)13(17(24)22-19(23)27)8-11-3-6-16(26-2)14(21)9-11/h3-9H,1-2H3,(H,22,24,27)/b13-8-. The van der Waals surface area contributed by atoms with Crippen molar-refractivity contribution in [2.45, 2.75) is 6.92 Å². The Morgan fingerprint density at radius 3 is 2.59 bits per heavy atom. The second-order valence-electron chi connectivity index (χ2n) is 5.78. The molecule has 1 aliphatic heterocycles. The zero-order chi connectivity index (χ0) is 19.7. The average Bonchev–Trinajstić information content (AvgIpc) is 2.60. The lowest BCUT2D eigenvalue weighted by Gasteiger charge is -2.30. The molecule has 0 atom stereocenters. The summed E-state index contributed by atoms with van der Waals surface area (Å²) < 4.78 is 6.00. The minimum Gasteiger partial charge on any atom is -0.495 e. The third kappa shape index (κ3) is 3.90. The molecule has 2 aromatic carbocycles. The van der Waals surface area contributed by atoms with Crippen molar-refractivity contribution < 1.29 is 14.3 Å². The van der Waals surface area contributed by atoms with Gasteiger partial charge in [0.25, 0.3) is 11.8 Å². The predicted molar refractivity (Wildman–Crippen MR) is 113 cm³/mol. The van der Waals surface area contributed by atoms with E-state index in [-0.39, 0.29) is 10.7 Å². The highest BCUT2D eigenvalue weighted by Crippen LogP contribution is 2.29. The Labute approximate surface area is 175 Å². The zero-order valence-corrected chi connectivity index (χ0v) is 17.5. The molecule has 0 aromatic heterocycles. The summed E-state index contributed by atoms with van der Waals surface area (Å²) >= 11 is 14.7. The van der Waals surface area contributed by atoms with Crippen LogP contribution in [0.4, 0.5) is 5.69 Å². The number of carbonyl (C=O) groups is 2. The van der Waals surface area contributed by atoms with Crippen LogP contribution in [0.25, 0.3) is 6.08 Å². The number of rotatable bonds is 3. The number of amides is 2. The second kappa shape index (κ2) is 7.80. The SMILES string of the molecule is COc1ccc(/C=C2/C(=O)NC(=S)N(c3ccc(Br)cc3C)C2=O)cc1Cl. The number of carbonyl (C=O) groups excluding carboxylic acids is 2. The molecule has 0 aliphatic carbocycles. The molecule has 2 amide bonds. The van der Waals surface area contributed by atoms with E-state index < -0.39 is 11.8 Å². The van der Waals surface area contributed by atoms with Crippen LogP contribution in [0.1, 0.15) is 11.1 Å². The van der Waals surface area contributed by atoms with Gasteiger partial charge in [-0.2, -0.15) is 0 Å². The molecule has 0 spiro atoms. The number of hydrogen-bond acceptors (Lipinski definition) is 4. The molecule has 1 fully saturated rings. The molecule has 0 unspecified atom stereocenters. The van der Waals surface area contributed by atoms with Gasteiger partial charge in [-0.25, -0.2) is 0 Å². The monoisotopic (exact) mass is 464 g/mol. The van der Waals surface area contributed by atoms with Crippen LogP contribution in [-0.4, -0.2) is 24.0 Å². The van der Waals surface area contributed by atoms with Gasteiger partial charge in [0.2, 0.25) is 0 Å². The van der Waals surface area contributed by atoms with Gasteiger partial charge < -0.3 is 4.74 Å². The number of benzene rings is 2. The Kier molecular flexibility index (Phi) is 5.64. The van der Waals surface area contributed by atoms with Crippen LogP contribution in [-0.2, 0) is 9.59 Å². The fourth-order valence-corrected chi connectivity index (χ4v) is 3.70. The van der Waals surface area contributed by atoms with Crippen molar-refractivity contribution in [2.24, 2.45) is 0 Å². The van der Waals surface area contributed by atoms with Crippen molar-refractivity contribution in [2.75, 3.05) is 12.0 Å². The first-order valence-corrected chi connectivity index (χ1v) is 9.41. The number of aryl methyl sites for hydroxylation is 1. The number of ether oxygens (including phenoxy) is 1. The first-order chi connectivity index (χ1) is 12.8. The number of thiocarbonyl (C=S) groups is 1. The summed E-state index contributed by atoms with van der Waals surface area (Å²) in [6.45, 7) is 1.86. The highest BCUT2D eigenvalue weighted by Gasteiger charge is 2.35. The molecule has 3 rings (SSSR count). The molecule has 1 N–H and O–H groups in total. The number of halogens is 2. The van der Waals surface area contributed by atoms with E-state index in [0.29, 0.717) is 22.0 Å². The Balaban J connectivity index is 2.03. The molecule has 0 radical (unpaired) electrons. The predicted octanol–water partition coefficient (Wildman–Crippen LogP) is 4.25. The van der Waals surface area contributed by atoms with E-state index in [1.54, 1.807) is 30.3 Å². The van der Waals surface area contributed by atoms with Gasteiger partial charge in [0.05, 0.1) is 17.8 Å². The third-order valence-electron chi connectivity index (χ3n) is 3.99. The smallest absolute Gasteiger partial charge is 0.270 e. The topological polar surface area (TPSA) is 58.6 Å². The van der Waals surface area contributed by atoms with E-state index in [2.05, 4.69) is 21.2 Å².